The van der Waals surface area contributed by atoms with Crippen molar-refractivity contribution in [2.24, 2.45) is 0 Å². The number of nitrogens with one attached hydrogen (secondary N) is 1. The van der Waals surface area contributed by atoms with Gasteiger partial charge in [0.2, 0.25) is 0 Å². The largest absolute Gasteiger partial charge is 0.492 e. The lowest BCUT2D eigenvalue weighted by atomic mass is 10.2. The lowest BCUT2D eigenvalue weighted by molar-refractivity contribution is -0.139. The molecule has 0 aliphatic carbocycles. The van der Waals surface area contributed by atoms with E-state index in [4.69, 9.17) is 33.0 Å². The molecule has 0 bridgehead atoms. The van der Waals surface area contributed by atoms with E-state index in [0.29, 0.717) is 28.9 Å². The summed E-state index contributed by atoms with van der Waals surface area (Å²) < 4.78 is 5.44. The van der Waals surface area contributed by atoms with Crippen LogP contribution in [0.1, 0.15) is 19.4 Å². The van der Waals surface area contributed by atoms with E-state index >= 15 is 0 Å². The molecule has 100 valence electrons. The number of ether oxygens (including phenoxy) is 1. The molecule has 1 aromatic rings. The van der Waals surface area contributed by atoms with Gasteiger partial charge in [-0.05, 0) is 26.0 Å². The predicted molar refractivity (Wildman–Crippen MR) is 71.6 cm³/mol. The third-order valence-corrected chi connectivity index (χ3v) is 2.84. The quantitative estimate of drug-likeness (QED) is 0.846. The fourth-order valence-corrected chi connectivity index (χ4v) is 1.99. The second kappa shape index (κ2) is 6.83. The van der Waals surface area contributed by atoms with Crippen LogP contribution in [0.4, 0.5) is 0 Å². The maximum atomic E-state index is 10.7. The van der Waals surface area contributed by atoms with E-state index in [-0.39, 0.29) is 0 Å². The highest BCUT2D eigenvalue weighted by atomic mass is 35.5. The minimum atomic E-state index is -0.916. The minimum absolute atomic E-state index is 0.322. The summed E-state index contributed by atoms with van der Waals surface area (Å²) in [4.78, 5) is 10.7. The van der Waals surface area contributed by atoms with Crippen molar-refractivity contribution in [3.05, 3.63) is 27.7 Å². The highest BCUT2D eigenvalue weighted by molar-refractivity contribution is 6.35. The van der Waals surface area contributed by atoms with E-state index < -0.39 is 12.0 Å². The van der Waals surface area contributed by atoms with Gasteiger partial charge in [-0.15, -0.1) is 0 Å². The van der Waals surface area contributed by atoms with Crippen LogP contribution in [-0.2, 0) is 11.3 Å². The molecule has 1 atom stereocenters. The molecule has 0 aromatic heterocycles. The van der Waals surface area contributed by atoms with Crippen LogP contribution in [0.2, 0.25) is 10.0 Å². The van der Waals surface area contributed by atoms with Crippen molar-refractivity contribution in [3.63, 3.8) is 0 Å². The zero-order chi connectivity index (χ0) is 13.7. The van der Waals surface area contributed by atoms with Crippen molar-refractivity contribution in [2.45, 2.75) is 26.4 Å². The smallest absolute Gasteiger partial charge is 0.320 e. The normalized spacial score (nSPS) is 12.2. The van der Waals surface area contributed by atoms with Crippen LogP contribution in [-0.4, -0.2) is 23.7 Å². The Balaban J connectivity index is 2.89. The first-order chi connectivity index (χ1) is 8.45. The lowest BCUT2D eigenvalue weighted by Gasteiger charge is -2.15. The Bertz CT molecular complexity index is 438. The topological polar surface area (TPSA) is 58.6 Å². The standard InChI is InChI=1S/C12H15Cl2NO3/c1-3-18-11-8(4-9(13)5-10(11)14)6-15-7(2)12(16)17/h4-5,7,15H,3,6H2,1-2H3,(H,16,17)/t7-/m1/s1. The first kappa shape index (κ1) is 15.1. The number of hydrogen-bond donors (Lipinski definition) is 2. The second-order valence-corrected chi connectivity index (χ2v) is 4.59. The van der Waals surface area contributed by atoms with Crippen LogP contribution < -0.4 is 10.1 Å². The molecule has 1 rings (SSSR count). The number of carboxylic acid groups (broad SMARTS) is 1. The van der Waals surface area contributed by atoms with Gasteiger partial charge in [0.15, 0.2) is 0 Å². The third-order valence-electron chi connectivity index (χ3n) is 2.34. The summed E-state index contributed by atoms with van der Waals surface area (Å²) >= 11 is 12.0. The first-order valence-electron chi connectivity index (χ1n) is 5.52. The maximum Gasteiger partial charge on any atom is 0.320 e. The molecule has 6 heteroatoms. The molecule has 4 nitrogen and oxygen atoms in total. The number of carboxylic acids is 1. The van der Waals surface area contributed by atoms with E-state index in [2.05, 4.69) is 5.32 Å². The van der Waals surface area contributed by atoms with Crippen molar-refractivity contribution in [3.8, 4) is 5.75 Å². The first-order valence-corrected chi connectivity index (χ1v) is 6.28. The van der Waals surface area contributed by atoms with Gasteiger partial charge >= 0.3 is 5.97 Å². The third kappa shape index (κ3) is 4.05. The summed E-state index contributed by atoms with van der Waals surface area (Å²) in [7, 11) is 0. The maximum absolute atomic E-state index is 10.7. The van der Waals surface area contributed by atoms with Crippen LogP contribution in [0.3, 0.4) is 0 Å². The molecular weight excluding hydrogens is 277 g/mol. The van der Waals surface area contributed by atoms with Crippen molar-refractivity contribution < 1.29 is 14.6 Å². The van der Waals surface area contributed by atoms with Gasteiger partial charge in [0, 0.05) is 17.1 Å². The molecule has 0 saturated carbocycles. The second-order valence-electron chi connectivity index (χ2n) is 3.75. The van der Waals surface area contributed by atoms with Crippen LogP contribution in [0.15, 0.2) is 12.1 Å². The van der Waals surface area contributed by atoms with Gasteiger partial charge in [-0.25, -0.2) is 0 Å². The highest BCUT2D eigenvalue weighted by Gasteiger charge is 2.14. The summed E-state index contributed by atoms with van der Waals surface area (Å²) in [6.45, 7) is 4.21. The summed E-state index contributed by atoms with van der Waals surface area (Å²) in [5.41, 5.74) is 0.738. The van der Waals surface area contributed by atoms with E-state index in [1.807, 2.05) is 6.92 Å². The van der Waals surface area contributed by atoms with Crippen LogP contribution in [0.25, 0.3) is 0 Å². The number of carbonyl (C=O) groups is 1. The zero-order valence-corrected chi connectivity index (χ0v) is 11.7. The van der Waals surface area contributed by atoms with Gasteiger partial charge < -0.3 is 15.2 Å². The van der Waals surface area contributed by atoms with Gasteiger partial charge in [0.1, 0.15) is 11.8 Å². The number of aliphatic carboxylic acids is 1. The van der Waals surface area contributed by atoms with Crippen LogP contribution in [0, 0.1) is 0 Å². The molecule has 2 N–H and O–H groups in total. The molecule has 0 unspecified atom stereocenters. The van der Waals surface area contributed by atoms with Gasteiger partial charge in [-0.2, -0.15) is 0 Å². The number of rotatable bonds is 6. The molecule has 18 heavy (non-hydrogen) atoms. The number of hydrogen-bond acceptors (Lipinski definition) is 3. The van der Waals surface area contributed by atoms with E-state index in [9.17, 15) is 4.79 Å². The van der Waals surface area contributed by atoms with Gasteiger partial charge in [-0.3, -0.25) is 4.79 Å². The summed E-state index contributed by atoms with van der Waals surface area (Å²) in [5.74, 6) is -0.380. The summed E-state index contributed by atoms with van der Waals surface area (Å²) in [5, 5.41) is 12.6. The van der Waals surface area contributed by atoms with E-state index in [1.54, 1.807) is 19.1 Å². The Kier molecular flexibility index (Phi) is 5.72. The molecule has 0 aliphatic heterocycles. The van der Waals surface area contributed by atoms with Crippen molar-refractivity contribution >= 4 is 29.2 Å². The van der Waals surface area contributed by atoms with Gasteiger partial charge in [-0.1, -0.05) is 23.2 Å². The summed E-state index contributed by atoms with van der Waals surface area (Å²) in [6, 6.07) is 2.65. The molecule has 0 aliphatic rings. The molecule has 1 aromatic carbocycles. The van der Waals surface area contributed by atoms with Crippen molar-refractivity contribution in [1.29, 1.82) is 0 Å². The molecular formula is C12H15Cl2NO3. The molecule has 0 saturated heterocycles. The Hall–Kier alpha value is -0.970. The SMILES string of the molecule is CCOc1c(Cl)cc(Cl)cc1CN[C@H](C)C(=O)O. The zero-order valence-electron chi connectivity index (χ0n) is 10.2. The monoisotopic (exact) mass is 291 g/mol. The highest BCUT2D eigenvalue weighted by Crippen LogP contribution is 2.32. The molecule has 0 amide bonds. The van der Waals surface area contributed by atoms with Gasteiger partial charge in [0.25, 0.3) is 0 Å². The number of benzene rings is 1. The fourth-order valence-electron chi connectivity index (χ4n) is 1.40. The van der Waals surface area contributed by atoms with E-state index in [0.717, 1.165) is 5.56 Å². The fraction of sp³-hybridized carbons (Fsp3) is 0.417. The average molecular weight is 292 g/mol. The van der Waals surface area contributed by atoms with Crippen LogP contribution in [0.5, 0.6) is 5.75 Å². The molecule has 0 fully saturated rings. The Morgan fingerprint density at radius 2 is 2.17 bits per heavy atom. The Morgan fingerprint density at radius 3 is 2.72 bits per heavy atom. The minimum Gasteiger partial charge on any atom is -0.492 e. The predicted octanol–water partition coefficient (Wildman–Crippen LogP) is 2.95. The van der Waals surface area contributed by atoms with Crippen molar-refractivity contribution in [1.82, 2.24) is 5.32 Å². The molecule has 0 spiro atoms. The van der Waals surface area contributed by atoms with E-state index in [1.165, 1.54) is 0 Å². The Morgan fingerprint density at radius 1 is 1.50 bits per heavy atom. The molecule has 0 heterocycles. The lowest BCUT2D eigenvalue weighted by Crippen LogP contribution is -2.33. The average Bonchev–Trinajstić information content (AvgIpc) is 2.29. The van der Waals surface area contributed by atoms with Crippen LogP contribution >= 0.6 is 23.2 Å². The summed E-state index contributed by atoms with van der Waals surface area (Å²) in [6.07, 6.45) is 0. The molecule has 0 radical (unpaired) electrons. The van der Waals surface area contributed by atoms with Crippen molar-refractivity contribution in [2.75, 3.05) is 6.61 Å². The Labute approximate surface area is 116 Å². The van der Waals surface area contributed by atoms with Gasteiger partial charge in [0.05, 0.1) is 11.6 Å². The number of halogens is 2.